The standard InChI is InChI=1S/C25H23N5O3/c1-14-4-6-17(7-5-14)13-30-23-20(12-26-30)19(10-15(2)27-23)25(32)28-18-8-9-22-21(11-18)29-24(31)16(3)33-22/h4-12,16H,13H2,1-3H3,(H,28,32)(H,29,31)/t16-/m0/s1. The Morgan fingerprint density at radius 2 is 1.94 bits per heavy atom. The third-order valence-corrected chi connectivity index (χ3v) is 5.60. The number of hydrogen-bond acceptors (Lipinski definition) is 5. The number of carbonyl (C=O) groups is 2. The topological polar surface area (TPSA) is 98.1 Å². The Morgan fingerprint density at radius 1 is 1.15 bits per heavy atom. The second-order valence-electron chi connectivity index (χ2n) is 8.25. The van der Waals surface area contributed by atoms with E-state index in [0.717, 1.165) is 11.3 Å². The maximum atomic E-state index is 13.2. The van der Waals surface area contributed by atoms with Gasteiger partial charge in [-0.3, -0.25) is 9.59 Å². The van der Waals surface area contributed by atoms with Crippen molar-refractivity contribution in [3.05, 3.63) is 77.1 Å². The van der Waals surface area contributed by atoms with Gasteiger partial charge in [0, 0.05) is 11.4 Å². The van der Waals surface area contributed by atoms with Crippen LogP contribution in [0.4, 0.5) is 11.4 Å². The molecule has 33 heavy (non-hydrogen) atoms. The van der Waals surface area contributed by atoms with Gasteiger partial charge in [-0.25, -0.2) is 9.67 Å². The highest BCUT2D eigenvalue weighted by Crippen LogP contribution is 2.32. The Labute approximate surface area is 190 Å². The summed E-state index contributed by atoms with van der Waals surface area (Å²) in [6, 6.07) is 15.2. The first kappa shape index (κ1) is 20.7. The van der Waals surface area contributed by atoms with E-state index < -0.39 is 6.10 Å². The molecule has 0 radical (unpaired) electrons. The molecule has 0 fully saturated rings. The van der Waals surface area contributed by atoms with Crippen molar-refractivity contribution >= 4 is 34.2 Å². The maximum Gasteiger partial charge on any atom is 0.265 e. The minimum atomic E-state index is -0.553. The normalized spacial score (nSPS) is 15.0. The second kappa shape index (κ2) is 8.05. The average molecular weight is 441 g/mol. The number of amides is 2. The number of anilines is 2. The Balaban J connectivity index is 1.43. The lowest BCUT2D eigenvalue weighted by Crippen LogP contribution is -2.34. The van der Waals surface area contributed by atoms with Crippen LogP contribution in [-0.4, -0.2) is 32.7 Å². The van der Waals surface area contributed by atoms with Gasteiger partial charge in [0.1, 0.15) is 5.75 Å². The first-order valence-electron chi connectivity index (χ1n) is 10.7. The zero-order valence-corrected chi connectivity index (χ0v) is 18.5. The van der Waals surface area contributed by atoms with Gasteiger partial charge in [0.15, 0.2) is 11.8 Å². The number of fused-ring (bicyclic) bond motifs is 2. The Bertz CT molecular complexity index is 1390. The number of nitrogens with zero attached hydrogens (tertiary/aromatic N) is 3. The minimum Gasteiger partial charge on any atom is -0.479 e. The van der Waals surface area contributed by atoms with Gasteiger partial charge >= 0.3 is 0 Å². The quantitative estimate of drug-likeness (QED) is 0.498. The number of aryl methyl sites for hydroxylation is 2. The Morgan fingerprint density at radius 3 is 2.73 bits per heavy atom. The molecule has 1 aliphatic heterocycles. The number of ether oxygens (including phenoxy) is 1. The summed E-state index contributed by atoms with van der Waals surface area (Å²) in [6.45, 7) is 6.15. The number of pyridine rings is 1. The Kier molecular flexibility index (Phi) is 5.05. The molecule has 0 aliphatic carbocycles. The van der Waals surface area contributed by atoms with E-state index >= 15 is 0 Å². The van der Waals surface area contributed by atoms with Crippen molar-refractivity contribution < 1.29 is 14.3 Å². The van der Waals surface area contributed by atoms with Gasteiger partial charge in [-0.15, -0.1) is 0 Å². The van der Waals surface area contributed by atoms with Crippen molar-refractivity contribution in [2.75, 3.05) is 10.6 Å². The summed E-state index contributed by atoms with van der Waals surface area (Å²) in [6.07, 6.45) is 1.12. The monoisotopic (exact) mass is 441 g/mol. The minimum absolute atomic E-state index is 0.224. The van der Waals surface area contributed by atoms with E-state index in [0.29, 0.717) is 40.3 Å². The van der Waals surface area contributed by atoms with E-state index in [-0.39, 0.29) is 11.8 Å². The molecule has 0 unspecified atom stereocenters. The summed E-state index contributed by atoms with van der Waals surface area (Å²) in [4.78, 5) is 29.7. The van der Waals surface area contributed by atoms with E-state index in [1.54, 1.807) is 42.1 Å². The number of benzene rings is 2. The van der Waals surface area contributed by atoms with E-state index in [1.807, 2.05) is 13.8 Å². The highest BCUT2D eigenvalue weighted by atomic mass is 16.5. The first-order valence-corrected chi connectivity index (χ1v) is 10.7. The summed E-state index contributed by atoms with van der Waals surface area (Å²) >= 11 is 0. The lowest BCUT2D eigenvalue weighted by atomic mass is 10.1. The van der Waals surface area contributed by atoms with Gasteiger partial charge in [-0.1, -0.05) is 29.8 Å². The molecule has 2 aromatic carbocycles. The van der Waals surface area contributed by atoms with Crippen LogP contribution in [0.15, 0.2) is 54.7 Å². The Hall–Kier alpha value is -4.20. The molecule has 2 amide bonds. The van der Waals surface area contributed by atoms with Crippen LogP contribution in [0.3, 0.4) is 0 Å². The van der Waals surface area contributed by atoms with Gasteiger partial charge in [0.25, 0.3) is 11.8 Å². The molecule has 0 saturated carbocycles. The zero-order valence-electron chi connectivity index (χ0n) is 18.5. The summed E-state index contributed by atoms with van der Waals surface area (Å²) < 4.78 is 7.38. The number of carbonyl (C=O) groups excluding carboxylic acids is 2. The van der Waals surface area contributed by atoms with Crippen LogP contribution >= 0.6 is 0 Å². The third kappa shape index (κ3) is 4.03. The molecule has 5 rings (SSSR count). The van der Waals surface area contributed by atoms with Crippen LogP contribution in [0.1, 0.15) is 34.1 Å². The van der Waals surface area contributed by atoms with Crippen LogP contribution in [0.2, 0.25) is 0 Å². The molecule has 2 N–H and O–H groups in total. The van der Waals surface area contributed by atoms with Gasteiger partial charge in [-0.05, 0) is 50.6 Å². The van der Waals surface area contributed by atoms with E-state index in [2.05, 4.69) is 45.0 Å². The SMILES string of the molecule is Cc1ccc(Cn2ncc3c(C(=O)Nc4ccc5c(c4)NC(=O)[C@H](C)O5)cc(C)nc32)cc1. The molecular weight excluding hydrogens is 418 g/mol. The number of rotatable bonds is 4. The number of nitrogens with one attached hydrogen (secondary N) is 2. The fraction of sp³-hybridized carbons (Fsp3) is 0.200. The van der Waals surface area contributed by atoms with Crippen molar-refractivity contribution in [3.63, 3.8) is 0 Å². The van der Waals surface area contributed by atoms with Gasteiger partial charge in [0.2, 0.25) is 0 Å². The van der Waals surface area contributed by atoms with Crippen LogP contribution in [-0.2, 0) is 11.3 Å². The molecule has 0 saturated heterocycles. The predicted molar refractivity (Wildman–Crippen MR) is 126 cm³/mol. The fourth-order valence-electron chi connectivity index (χ4n) is 3.83. The molecule has 0 bridgehead atoms. The van der Waals surface area contributed by atoms with Crippen LogP contribution in [0.25, 0.3) is 11.0 Å². The highest BCUT2D eigenvalue weighted by Gasteiger charge is 2.24. The molecule has 8 heteroatoms. The average Bonchev–Trinajstić information content (AvgIpc) is 3.18. The molecule has 2 aromatic heterocycles. The van der Waals surface area contributed by atoms with Crippen LogP contribution < -0.4 is 15.4 Å². The van der Waals surface area contributed by atoms with Gasteiger partial charge < -0.3 is 15.4 Å². The lowest BCUT2D eigenvalue weighted by molar-refractivity contribution is -0.122. The summed E-state index contributed by atoms with van der Waals surface area (Å²) in [5, 5.41) is 10.9. The summed E-state index contributed by atoms with van der Waals surface area (Å²) in [5.41, 5.74) is 5.23. The smallest absolute Gasteiger partial charge is 0.265 e. The molecule has 166 valence electrons. The van der Waals surface area contributed by atoms with Crippen molar-refractivity contribution in [3.8, 4) is 5.75 Å². The molecule has 4 aromatic rings. The molecule has 1 aliphatic rings. The summed E-state index contributed by atoms with van der Waals surface area (Å²) in [5.74, 6) is 0.0646. The molecule has 3 heterocycles. The van der Waals surface area contributed by atoms with Crippen LogP contribution in [0.5, 0.6) is 5.75 Å². The molecule has 1 atom stereocenters. The molecular formula is C25H23N5O3. The van der Waals surface area contributed by atoms with Gasteiger partial charge in [-0.2, -0.15) is 5.10 Å². The predicted octanol–water partition coefficient (Wildman–Crippen LogP) is 4.07. The highest BCUT2D eigenvalue weighted by molar-refractivity contribution is 6.12. The van der Waals surface area contributed by atoms with Crippen molar-refractivity contribution in [1.82, 2.24) is 14.8 Å². The largest absolute Gasteiger partial charge is 0.479 e. The fourth-order valence-corrected chi connectivity index (χ4v) is 3.83. The molecule has 0 spiro atoms. The van der Waals surface area contributed by atoms with Crippen molar-refractivity contribution in [2.45, 2.75) is 33.4 Å². The van der Waals surface area contributed by atoms with E-state index in [4.69, 9.17) is 4.74 Å². The van der Waals surface area contributed by atoms with Crippen molar-refractivity contribution in [2.24, 2.45) is 0 Å². The third-order valence-electron chi connectivity index (χ3n) is 5.60. The zero-order chi connectivity index (χ0) is 23.1. The van der Waals surface area contributed by atoms with E-state index in [9.17, 15) is 9.59 Å². The van der Waals surface area contributed by atoms with Crippen LogP contribution in [0, 0.1) is 13.8 Å². The first-order chi connectivity index (χ1) is 15.9. The number of hydrogen-bond donors (Lipinski definition) is 2. The molecule has 8 nitrogen and oxygen atoms in total. The van der Waals surface area contributed by atoms with E-state index in [1.165, 1.54) is 5.56 Å². The maximum absolute atomic E-state index is 13.2. The number of aromatic nitrogens is 3. The van der Waals surface area contributed by atoms with Gasteiger partial charge in [0.05, 0.1) is 29.4 Å². The summed E-state index contributed by atoms with van der Waals surface area (Å²) in [7, 11) is 0. The van der Waals surface area contributed by atoms with Crippen molar-refractivity contribution in [1.29, 1.82) is 0 Å². The lowest BCUT2D eigenvalue weighted by Gasteiger charge is -2.23. The second-order valence-corrected chi connectivity index (χ2v) is 8.25.